The van der Waals surface area contributed by atoms with E-state index in [2.05, 4.69) is 10.3 Å². The Bertz CT molecular complexity index is 1190. The number of hydrogen-bond donors (Lipinski definition) is 1. The Hall–Kier alpha value is -4.13. The molecule has 5 rings (SSSR count). The molecule has 0 saturated carbocycles. The highest BCUT2D eigenvalue weighted by Gasteiger charge is 2.35. The van der Waals surface area contributed by atoms with E-state index in [4.69, 9.17) is 9.47 Å². The molecule has 1 saturated heterocycles. The van der Waals surface area contributed by atoms with Gasteiger partial charge in [-0.05, 0) is 48.0 Å². The SMILES string of the molecule is O=C(Nc1cccc(C=Cc2ccccn2)c1)C1CC(=O)N(c2ccc3c(c2)OCO3)C1. The lowest BCUT2D eigenvalue weighted by Gasteiger charge is -2.17. The van der Waals surface area contributed by atoms with Gasteiger partial charge in [-0.2, -0.15) is 0 Å². The van der Waals surface area contributed by atoms with E-state index in [-0.39, 0.29) is 25.0 Å². The second-order valence-corrected chi connectivity index (χ2v) is 7.65. The van der Waals surface area contributed by atoms with Gasteiger partial charge >= 0.3 is 0 Å². The molecule has 0 aliphatic carbocycles. The van der Waals surface area contributed by atoms with Crippen LogP contribution in [0.25, 0.3) is 12.2 Å². The molecule has 1 unspecified atom stereocenters. The van der Waals surface area contributed by atoms with Crippen molar-refractivity contribution in [2.24, 2.45) is 5.92 Å². The number of benzene rings is 2. The first-order valence-corrected chi connectivity index (χ1v) is 10.4. The second-order valence-electron chi connectivity index (χ2n) is 7.65. The monoisotopic (exact) mass is 427 g/mol. The highest BCUT2D eigenvalue weighted by atomic mass is 16.7. The Morgan fingerprint density at radius 2 is 1.94 bits per heavy atom. The van der Waals surface area contributed by atoms with E-state index in [1.807, 2.05) is 60.7 Å². The lowest BCUT2D eigenvalue weighted by Crippen LogP contribution is -2.28. The van der Waals surface area contributed by atoms with Gasteiger partial charge in [-0.3, -0.25) is 14.6 Å². The number of carbonyl (C=O) groups is 2. The number of rotatable bonds is 5. The zero-order chi connectivity index (χ0) is 21.9. The number of hydrogen-bond acceptors (Lipinski definition) is 5. The third-order valence-electron chi connectivity index (χ3n) is 5.45. The van der Waals surface area contributed by atoms with Gasteiger partial charge in [0.25, 0.3) is 0 Å². The maximum Gasteiger partial charge on any atom is 0.231 e. The first kappa shape index (κ1) is 19.8. The number of nitrogens with one attached hydrogen (secondary N) is 1. The number of fused-ring (bicyclic) bond motifs is 1. The molecule has 1 fully saturated rings. The summed E-state index contributed by atoms with van der Waals surface area (Å²) < 4.78 is 10.7. The van der Waals surface area contributed by atoms with Gasteiger partial charge in [0, 0.05) is 36.6 Å². The topological polar surface area (TPSA) is 80.8 Å². The third-order valence-corrected chi connectivity index (χ3v) is 5.45. The fraction of sp³-hybridized carbons (Fsp3) is 0.160. The first-order chi connectivity index (χ1) is 15.7. The van der Waals surface area contributed by atoms with Gasteiger partial charge in [0.2, 0.25) is 18.6 Å². The van der Waals surface area contributed by atoms with Gasteiger partial charge < -0.3 is 19.7 Å². The maximum absolute atomic E-state index is 12.9. The molecule has 2 aromatic carbocycles. The van der Waals surface area contributed by atoms with Gasteiger partial charge in [-0.15, -0.1) is 0 Å². The molecule has 0 bridgehead atoms. The van der Waals surface area contributed by atoms with Crippen molar-refractivity contribution in [2.45, 2.75) is 6.42 Å². The van der Waals surface area contributed by atoms with Crippen molar-refractivity contribution >= 4 is 35.3 Å². The van der Waals surface area contributed by atoms with E-state index in [0.717, 1.165) is 11.3 Å². The zero-order valence-electron chi connectivity index (χ0n) is 17.2. The molecule has 2 amide bonds. The largest absolute Gasteiger partial charge is 0.454 e. The summed E-state index contributed by atoms with van der Waals surface area (Å²) in [6.45, 7) is 0.497. The molecule has 0 radical (unpaired) electrons. The van der Waals surface area contributed by atoms with Gasteiger partial charge in [0.1, 0.15) is 0 Å². The Kier molecular flexibility index (Phi) is 5.29. The normalized spacial score (nSPS) is 17.2. The predicted octanol–water partition coefficient (Wildman–Crippen LogP) is 3.97. The van der Waals surface area contributed by atoms with Crippen molar-refractivity contribution < 1.29 is 19.1 Å². The number of pyridine rings is 1. The van der Waals surface area contributed by atoms with E-state index in [1.165, 1.54) is 0 Å². The Morgan fingerprint density at radius 1 is 1.03 bits per heavy atom. The summed E-state index contributed by atoms with van der Waals surface area (Å²) in [5.74, 6) is 0.578. The van der Waals surface area contributed by atoms with E-state index in [1.54, 1.807) is 23.2 Å². The summed E-state index contributed by atoms with van der Waals surface area (Å²) in [7, 11) is 0. The van der Waals surface area contributed by atoms with E-state index in [0.29, 0.717) is 29.4 Å². The molecule has 7 heteroatoms. The number of anilines is 2. The first-order valence-electron chi connectivity index (χ1n) is 10.4. The lowest BCUT2D eigenvalue weighted by molar-refractivity contribution is -0.122. The molecule has 160 valence electrons. The van der Waals surface area contributed by atoms with Crippen LogP contribution in [0.1, 0.15) is 17.7 Å². The minimum Gasteiger partial charge on any atom is -0.454 e. The standard InChI is InChI=1S/C25H21N3O4/c29-24-13-18(15-28(24)21-9-10-22-23(14-21)32-16-31-22)25(30)27-20-6-3-4-17(12-20)7-8-19-5-1-2-11-26-19/h1-12,14,18H,13,15-16H2,(H,27,30). The molecule has 32 heavy (non-hydrogen) atoms. The van der Waals surface area contributed by atoms with Crippen LogP contribution in [-0.2, 0) is 9.59 Å². The molecule has 3 heterocycles. The van der Waals surface area contributed by atoms with Crippen LogP contribution < -0.4 is 19.7 Å². The minimum atomic E-state index is -0.430. The number of ether oxygens (including phenoxy) is 2. The van der Waals surface area contributed by atoms with Gasteiger partial charge in [-0.25, -0.2) is 0 Å². The molecule has 1 atom stereocenters. The molecule has 1 aromatic heterocycles. The van der Waals surface area contributed by atoms with Crippen LogP contribution in [0.2, 0.25) is 0 Å². The minimum absolute atomic E-state index is 0.0870. The Balaban J connectivity index is 1.24. The van der Waals surface area contributed by atoms with Crippen molar-refractivity contribution in [3.8, 4) is 11.5 Å². The number of carbonyl (C=O) groups excluding carboxylic acids is 2. The fourth-order valence-electron chi connectivity index (χ4n) is 3.81. The quantitative estimate of drug-likeness (QED) is 0.666. The van der Waals surface area contributed by atoms with Crippen LogP contribution in [0.4, 0.5) is 11.4 Å². The molecule has 2 aliphatic heterocycles. The van der Waals surface area contributed by atoms with Crippen molar-refractivity contribution in [2.75, 3.05) is 23.6 Å². The molecule has 1 N–H and O–H groups in total. The maximum atomic E-state index is 12.9. The molecular formula is C25H21N3O4. The number of amides is 2. The zero-order valence-corrected chi connectivity index (χ0v) is 17.2. The lowest BCUT2D eigenvalue weighted by atomic mass is 10.1. The van der Waals surface area contributed by atoms with Gasteiger partial charge in [0.15, 0.2) is 11.5 Å². The summed E-state index contributed by atoms with van der Waals surface area (Å²) in [4.78, 5) is 31.3. The number of nitrogens with zero attached hydrogens (tertiary/aromatic N) is 2. The van der Waals surface area contributed by atoms with Crippen molar-refractivity contribution in [1.82, 2.24) is 4.98 Å². The molecular weight excluding hydrogens is 406 g/mol. The van der Waals surface area contributed by atoms with Crippen LogP contribution in [0.15, 0.2) is 66.9 Å². The Labute approximate surface area is 185 Å². The van der Waals surface area contributed by atoms with Gasteiger partial charge in [0.05, 0.1) is 11.6 Å². The number of aromatic nitrogens is 1. The highest BCUT2D eigenvalue weighted by molar-refractivity contribution is 6.03. The molecule has 7 nitrogen and oxygen atoms in total. The van der Waals surface area contributed by atoms with E-state index >= 15 is 0 Å². The van der Waals surface area contributed by atoms with Crippen LogP contribution in [-0.4, -0.2) is 30.1 Å². The summed E-state index contributed by atoms with van der Waals surface area (Å²) in [5, 5.41) is 2.94. The molecule has 0 spiro atoms. The summed E-state index contributed by atoms with van der Waals surface area (Å²) >= 11 is 0. The van der Waals surface area contributed by atoms with E-state index in [9.17, 15) is 9.59 Å². The van der Waals surface area contributed by atoms with Crippen molar-refractivity contribution in [1.29, 1.82) is 0 Å². The van der Waals surface area contributed by atoms with Crippen LogP contribution in [0, 0.1) is 5.92 Å². The van der Waals surface area contributed by atoms with E-state index < -0.39 is 5.92 Å². The second kappa shape index (κ2) is 8.55. The average Bonchev–Trinajstić information content (AvgIpc) is 3.44. The summed E-state index contributed by atoms with van der Waals surface area (Å²) in [6.07, 6.45) is 5.77. The van der Waals surface area contributed by atoms with Gasteiger partial charge in [-0.1, -0.05) is 24.3 Å². The van der Waals surface area contributed by atoms with Crippen molar-refractivity contribution in [3.05, 3.63) is 78.1 Å². The fourth-order valence-corrected chi connectivity index (χ4v) is 3.81. The highest BCUT2D eigenvalue weighted by Crippen LogP contribution is 2.37. The van der Waals surface area contributed by atoms with Crippen LogP contribution >= 0.6 is 0 Å². The Morgan fingerprint density at radius 3 is 2.81 bits per heavy atom. The average molecular weight is 427 g/mol. The molecule has 2 aliphatic rings. The van der Waals surface area contributed by atoms with Crippen LogP contribution in [0.5, 0.6) is 11.5 Å². The van der Waals surface area contributed by atoms with Crippen LogP contribution in [0.3, 0.4) is 0 Å². The molecule has 3 aromatic rings. The summed E-state index contributed by atoms with van der Waals surface area (Å²) in [6, 6.07) is 18.6. The third kappa shape index (κ3) is 4.18. The van der Waals surface area contributed by atoms with Crippen molar-refractivity contribution in [3.63, 3.8) is 0 Å². The predicted molar refractivity (Wildman–Crippen MR) is 121 cm³/mol. The summed E-state index contributed by atoms with van der Waals surface area (Å²) in [5.41, 5.74) is 3.19. The smallest absolute Gasteiger partial charge is 0.231 e.